The van der Waals surface area contributed by atoms with Crippen LogP contribution in [0.3, 0.4) is 0 Å². The van der Waals surface area contributed by atoms with Crippen LogP contribution in [-0.4, -0.2) is 36.2 Å². The quantitative estimate of drug-likeness (QED) is 0.135. The molecule has 0 aromatic rings. The number of esters is 1. The molecule has 3 nitrogen and oxygen atoms in total. The number of hydrogen-bond acceptors (Lipinski definition) is 3. The Balaban J connectivity index is 5.70. The maximum absolute atomic E-state index is 12.6. The molecule has 158 valence electrons. The third kappa shape index (κ3) is 9.62. The molecule has 0 aliphatic heterocycles. The summed E-state index contributed by atoms with van der Waals surface area (Å²) in [5.74, 6) is -0.0478. The Bertz CT molecular complexity index is 425. The van der Waals surface area contributed by atoms with Gasteiger partial charge in [0.15, 0.2) is 0 Å². The van der Waals surface area contributed by atoms with Gasteiger partial charge in [0.2, 0.25) is 0 Å². The first-order chi connectivity index (χ1) is 12.8. The standard InChI is InChI=1S/C11H17O3.3C4H9.Sn/c1-5-10(8(3)12)7-11(6-2)14-9(4)13;3*1-3-4-2;/h5-6,10-11H,2,7H2,1,3-4H3;3*1,3-4H2,2H3;. The number of carbonyl (C=O) groups is 2. The molecule has 0 N–H and O–H groups in total. The fourth-order valence-corrected chi connectivity index (χ4v) is 23.0. The summed E-state index contributed by atoms with van der Waals surface area (Å²) in [4.78, 5) is 24.1. The van der Waals surface area contributed by atoms with E-state index in [1.807, 2.05) is 0 Å². The monoisotopic (exact) mass is 488 g/mol. The Morgan fingerprint density at radius 1 is 0.963 bits per heavy atom. The summed E-state index contributed by atoms with van der Waals surface area (Å²) in [6, 6.07) is 0. The normalized spacial score (nSPS) is 15.0. The molecule has 0 radical (unpaired) electrons. The first-order valence-electron chi connectivity index (χ1n) is 11.1. The minimum absolute atomic E-state index is 0.00582. The molecule has 0 saturated heterocycles. The number of carbonyl (C=O) groups excluding carboxylic acids is 2. The van der Waals surface area contributed by atoms with Crippen LogP contribution in [0.2, 0.25) is 17.2 Å². The Hall–Kier alpha value is -0.321. The van der Waals surface area contributed by atoms with Crippen molar-refractivity contribution in [3.63, 3.8) is 0 Å². The third-order valence-corrected chi connectivity index (χ3v) is 24.5. The predicted octanol–water partition coefficient (Wildman–Crippen LogP) is 6.94. The van der Waals surface area contributed by atoms with Gasteiger partial charge in [-0.3, -0.25) is 0 Å². The molecule has 0 heterocycles. The van der Waals surface area contributed by atoms with Crippen molar-refractivity contribution in [2.75, 3.05) is 0 Å². The Morgan fingerprint density at radius 3 is 1.70 bits per heavy atom. The van der Waals surface area contributed by atoms with E-state index in [9.17, 15) is 9.59 Å². The summed E-state index contributed by atoms with van der Waals surface area (Å²) >= 11 is -2.52. The van der Waals surface area contributed by atoms with E-state index in [0.29, 0.717) is 10.4 Å². The zero-order valence-corrected chi connectivity index (χ0v) is 21.7. The number of Topliss-reactive ketones (excluding diaryl/α,β-unsaturated/α-hetero) is 1. The van der Waals surface area contributed by atoms with Crippen LogP contribution >= 0.6 is 0 Å². The van der Waals surface area contributed by atoms with Gasteiger partial charge in [-0.15, -0.1) is 0 Å². The molecular weight excluding hydrogens is 443 g/mol. The van der Waals surface area contributed by atoms with Gasteiger partial charge < -0.3 is 0 Å². The molecule has 0 aromatic carbocycles. The van der Waals surface area contributed by atoms with Crippen LogP contribution < -0.4 is 0 Å². The summed E-state index contributed by atoms with van der Waals surface area (Å²) in [6.45, 7) is 16.2. The van der Waals surface area contributed by atoms with Crippen molar-refractivity contribution in [3.05, 3.63) is 12.7 Å². The van der Waals surface area contributed by atoms with E-state index in [4.69, 9.17) is 4.74 Å². The fourth-order valence-electron chi connectivity index (χ4n) is 4.45. The van der Waals surface area contributed by atoms with E-state index >= 15 is 0 Å². The third-order valence-electron chi connectivity index (χ3n) is 6.24. The van der Waals surface area contributed by atoms with Crippen molar-refractivity contribution < 1.29 is 14.3 Å². The molecule has 0 rings (SSSR count). The number of rotatable bonds is 16. The van der Waals surface area contributed by atoms with E-state index in [1.165, 1.54) is 58.8 Å². The minimum atomic E-state index is -2.52. The van der Waals surface area contributed by atoms with Gasteiger partial charge in [-0.2, -0.15) is 0 Å². The van der Waals surface area contributed by atoms with Gasteiger partial charge in [-0.25, -0.2) is 0 Å². The van der Waals surface area contributed by atoms with E-state index in [1.54, 1.807) is 13.0 Å². The molecule has 0 bridgehead atoms. The average Bonchev–Trinajstić information content (AvgIpc) is 2.63. The van der Waals surface area contributed by atoms with Gasteiger partial charge in [0, 0.05) is 0 Å². The first kappa shape index (κ1) is 26.7. The molecule has 0 saturated carbocycles. The molecule has 0 spiro atoms. The summed E-state index contributed by atoms with van der Waals surface area (Å²) in [5, 5.41) is 0. The van der Waals surface area contributed by atoms with Gasteiger partial charge in [0.25, 0.3) is 0 Å². The maximum atomic E-state index is 12.6. The summed E-state index contributed by atoms with van der Waals surface area (Å²) in [5.41, 5.74) is 0. The van der Waals surface area contributed by atoms with Crippen LogP contribution in [-0.2, 0) is 14.3 Å². The van der Waals surface area contributed by atoms with Crippen molar-refractivity contribution in [1.82, 2.24) is 0 Å². The van der Waals surface area contributed by atoms with Crippen LogP contribution in [0.15, 0.2) is 12.7 Å². The molecule has 0 aromatic heterocycles. The zero-order chi connectivity index (χ0) is 20.9. The van der Waals surface area contributed by atoms with Crippen molar-refractivity contribution in [2.24, 2.45) is 5.92 Å². The van der Waals surface area contributed by atoms with E-state index in [0.717, 1.165) is 0 Å². The molecule has 3 atom stereocenters. The molecule has 0 aliphatic carbocycles. The molecule has 27 heavy (non-hydrogen) atoms. The van der Waals surface area contributed by atoms with Gasteiger partial charge in [-0.1, -0.05) is 0 Å². The second-order valence-corrected chi connectivity index (χ2v) is 23.0. The topological polar surface area (TPSA) is 43.4 Å². The van der Waals surface area contributed by atoms with Crippen LogP contribution in [0, 0.1) is 5.92 Å². The Labute approximate surface area is 172 Å². The average molecular weight is 487 g/mol. The van der Waals surface area contributed by atoms with Crippen molar-refractivity contribution in [1.29, 1.82) is 0 Å². The van der Waals surface area contributed by atoms with Gasteiger partial charge in [0.05, 0.1) is 0 Å². The van der Waals surface area contributed by atoms with Gasteiger partial charge >= 0.3 is 173 Å². The molecule has 0 fully saturated rings. The van der Waals surface area contributed by atoms with Crippen LogP contribution in [0.4, 0.5) is 0 Å². The zero-order valence-electron chi connectivity index (χ0n) is 18.8. The van der Waals surface area contributed by atoms with E-state index in [-0.39, 0.29) is 23.8 Å². The van der Waals surface area contributed by atoms with Crippen LogP contribution in [0.1, 0.15) is 86.5 Å². The molecule has 0 aliphatic rings. The van der Waals surface area contributed by atoms with E-state index < -0.39 is 18.4 Å². The predicted molar refractivity (Wildman–Crippen MR) is 119 cm³/mol. The molecule has 0 amide bonds. The fraction of sp³-hybridized carbons (Fsp3) is 0.826. The number of hydrogen-bond donors (Lipinski definition) is 0. The second-order valence-electron chi connectivity index (χ2n) is 8.30. The summed E-state index contributed by atoms with van der Waals surface area (Å²) in [7, 11) is 0. The second kappa shape index (κ2) is 14.6. The summed E-state index contributed by atoms with van der Waals surface area (Å²) in [6.07, 6.45) is 9.53. The Morgan fingerprint density at radius 2 is 1.41 bits per heavy atom. The van der Waals surface area contributed by atoms with Gasteiger partial charge in [0.1, 0.15) is 0 Å². The molecule has 4 heteroatoms. The number of ether oxygens (including phenoxy) is 1. The van der Waals surface area contributed by atoms with Gasteiger partial charge in [-0.05, 0) is 0 Å². The van der Waals surface area contributed by atoms with Crippen molar-refractivity contribution in [3.8, 4) is 0 Å². The van der Waals surface area contributed by atoms with Crippen LogP contribution in [0.5, 0.6) is 0 Å². The molecular formula is C23H44O3Sn. The first-order valence-corrected chi connectivity index (χ1v) is 18.8. The van der Waals surface area contributed by atoms with E-state index in [2.05, 4.69) is 34.3 Å². The van der Waals surface area contributed by atoms with Crippen molar-refractivity contribution >= 4 is 30.1 Å². The number of unbranched alkanes of at least 4 members (excludes halogenated alkanes) is 3. The number of ketones is 1. The summed E-state index contributed by atoms with van der Waals surface area (Å²) < 4.78 is 10.1. The SMILES string of the molecule is C=CC(CC(C(C)=O)[CH](C)[Sn]([CH2]CCC)([CH2]CCC)[CH2]CCC)OC(C)=O. The van der Waals surface area contributed by atoms with Crippen LogP contribution in [0.25, 0.3) is 0 Å². The Kier molecular flexibility index (Phi) is 14.5. The molecule has 3 unspecified atom stereocenters. The van der Waals surface area contributed by atoms with Crippen molar-refractivity contribution in [2.45, 2.75) is 110 Å².